The minimum atomic E-state index is -0.878. The monoisotopic (exact) mass is 1180 g/mol. The second kappa shape index (κ2) is 27.2. The van der Waals surface area contributed by atoms with Crippen LogP contribution in [0.5, 0.6) is 0 Å². The molecular weight excluding hydrogens is 1110 g/mol. The fourth-order valence-electron chi connectivity index (χ4n) is 8.32. The van der Waals surface area contributed by atoms with E-state index in [-0.39, 0.29) is 42.5 Å². The van der Waals surface area contributed by atoms with Gasteiger partial charge in [0.2, 0.25) is 0 Å². The Morgan fingerprint density at radius 2 is 1.18 bits per heavy atom. The number of likely N-dealkylation sites (tertiary alicyclic amines) is 2. The summed E-state index contributed by atoms with van der Waals surface area (Å²) in [6, 6.07) is 5.48. The number of carbonyl (C=O) groups is 3. The Hall–Kier alpha value is -2.68. The Bertz CT molecular complexity index is 2350. The molecule has 3 N–H and O–H groups in total. The number of nitrogens with one attached hydrogen (secondary N) is 2. The van der Waals surface area contributed by atoms with Gasteiger partial charge in [0, 0.05) is 65.2 Å². The zero-order chi connectivity index (χ0) is 51.3. The number of rotatable bonds is 5. The lowest BCUT2D eigenvalue weighted by Gasteiger charge is -2.32. The van der Waals surface area contributed by atoms with Crippen molar-refractivity contribution in [1.82, 2.24) is 25.3 Å². The second-order valence-electron chi connectivity index (χ2n) is 21.9. The summed E-state index contributed by atoms with van der Waals surface area (Å²) in [6.45, 7) is 28.8. The van der Waals surface area contributed by atoms with Crippen molar-refractivity contribution in [1.29, 1.82) is 0 Å². The first-order valence-corrected chi connectivity index (χ1v) is 28.7. The Balaban J connectivity index is 0.000000199. The maximum Gasteiger partial charge on any atom is 0.496 e. The molecule has 0 atom stereocenters. The Morgan fingerprint density at radius 1 is 0.676 bits per heavy atom. The Morgan fingerprint density at radius 3 is 1.65 bits per heavy atom. The molecule has 0 aromatic carbocycles. The number of hydrogen-bond acceptors (Lipinski definition) is 11. The van der Waals surface area contributed by atoms with Crippen molar-refractivity contribution in [3.63, 3.8) is 0 Å². The van der Waals surface area contributed by atoms with E-state index in [9.17, 15) is 14.4 Å². The third-order valence-corrected chi connectivity index (χ3v) is 17.9. The number of thiophene rings is 3. The molecule has 0 bridgehead atoms. The standard InChI is InChI=1S/C16H21N3OS.C13H18BrNOS.C10H16BNO2.C8H17N.C5H3BrO2S.ClH/c1-16(2)4-3-6-19(7-5-16)15(20)12-8-14(21-11-12)13-9-17-18-10-13;1-13(2)4-3-6-15(7-5-13)12(16)10-8-11(14)17-9-10;1-9(2)10(3,4)14-11(13-9)8-5-6-12-7-8;1-8(2)4-3-6-9-7-5-8;6-4-1-3(2-9-4)5(7)8;/h8-11H,3-7H2,1-2H3,(H,17,18);8-9H,3-7H2,1-2H3;5,7H,6H2,1-4H3;9H,3-7H2,1-2H3;1-2H,(H,7,8);1H. The molecule has 0 saturated carbocycles. The van der Waals surface area contributed by atoms with Gasteiger partial charge in [-0.1, -0.05) is 47.6 Å². The van der Waals surface area contributed by atoms with Gasteiger partial charge in [0.25, 0.3) is 11.8 Å². The number of halogens is 3. The van der Waals surface area contributed by atoms with Gasteiger partial charge in [-0.05, 0) is 170 Å². The van der Waals surface area contributed by atoms with Gasteiger partial charge in [0.05, 0.1) is 48.2 Å². The summed E-state index contributed by atoms with van der Waals surface area (Å²) in [6.07, 6.45) is 18.4. The molecule has 4 aromatic heterocycles. The molecule has 0 spiro atoms. The first-order valence-electron chi connectivity index (χ1n) is 24.5. The number of allylic oxidation sites excluding steroid dienone is 1. The highest BCUT2D eigenvalue weighted by atomic mass is 79.9. The van der Waals surface area contributed by atoms with Gasteiger partial charge < -0.3 is 29.5 Å². The molecule has 392 valence electrons. The van der Waals surface area contributed by atoms with Gasteiger partial charge in [-0.2, -0.15) is 5.10 Å². The number of nitrogens with zero attached hydrogens (tertiary/aromatic N) is 4. The smallest absolute Gasteiger partial charge is 0.478 e. The van der Waals surface area contributed by atoms with Crippen LogP contribution >= 0.6 is 78.3 Å². The zero-order valence-corrected chi connectivity index (χ0v) is 49.8. The van der Waals surface area contributed by atoms with E-state index in [1.54, 1.807) is 40.3 Å². The first-order chi connectivity index (χ1) is 32.9. The molecular formula is C52H76BBr2ClN6O6S3. The summed E-state index contributed by atoms with van der Waals surface area (Å²) >= 11 is 11.1. The number of aromatic carboxylic acids is 1. The molecule has 71 heavy (non-hydrogen) atoms. The van der Waals surface area contributed by atoms with Crippen molar-refractivity contribution in [2.45, 2.75) is 138 Å². The van der Waals surface area contributed by atoms with E-state index in [1.165, 1.54) is 56.5 Å². The van der Waals surface area contributed by atoms with Gasteiger partial charge in [0.1, 0.15) is 0 Å². The lowest BCUT2D eigenvalue weighted by molar-refractivity contribution is 0.00578. The van der Waals surface area contributed by atoms with E-state index in [4.69, 9.17) is 14.4 Å². The Kier molecular flexibility index (Phi) is 23.3. The molecule has 9 rings (SSSR count). The van der Waals surface area contributed by atoms with Crippen LogP contribution in [0.4, 0.5) is 0 Å². The van der Waals surface area contributed by atoms with E-state index < -0.39 is 5.97 Å². The van der Waals surface area contributed by atoms with Crippen molar-refractivity contribution in [2.24, 2.45) is 21.2 Å². The number of carbonyl (C=O) groups excluding carboxylic acids is 2. The third kappa shape index (κ3) is 19.2. The molecule has 12 nitrogen and oxygen atoms in total. The maximum atomic E-state index is 12.7. The number of aliphatic imine (C=N–C) groups is 1. The number of aromatic nitrogens is 2. The molecule has 2 amide bonds. The van der Waals surface area contributed by atoms with Gasteiger partial charge in [0.15, 0.2) is 0 Å². The van der Waals surface area contributed by atoms with Crippen molar-refractivity contribution in [3.8, 4) is 10.4 Å². The predicted octanol–water partition coefficient (Wildman–Crippen LogP) is 14.0. The summed E-state index contributed by atoms with van der Waals surface area (Å²) < 4.78 is 13.6. The van der Waals surface area contributed by atoms with E-state index in [0.717, 1.165) is 93.0 Å². The van der Waals surface area contributed by atoms with E-state index in [0.29, 0.717) is 21.8 Å². The predicted molar refractivity (Wildman–Crippen MR) is 305 cm³/mol. The number of carboxylic acids is 1. The molecule has 0 unspecified atom stereocenters. The van der Waals surface area contributed by atoms with Crippen LogP contribution in [0.15, 0.2) is 70.8 Å². The highest BCUT2D eigenvalue weighted by molar-refractivity contribution is 9.11. The van der Waals surface area contributed by atoms with Crippen LogP contribution in [0.25, 0.3) is 10.4 Å². The van der Waals surface area contributed by atoms with Gasteiger partial charge >= 0.3 is 13.1 Å². The molecule has 5 aliphatic heterocycles. The summed E-state index contributed by atoms with van der Waals surface area (Å²) in [5.41, 5.74) is 4.87. The van der Waals surface area contributed by atoms with E-state index in [2.05, 4.69) is 122 Å². The highest BCUT2D eigenvalue weighted by Crippen LogP contribution is 2.39. The largest absolute Gasteiger partial charge is 0.496 e. The van der Waals surface area contributed by atoms with Crippen LogP contribution in [0.1, 0.15) is 158 Å². The maximum absolute atomic E-state index is 12.7. The topological polar surface area (TPSA) is 149 Å². The summed E-state index contributed by atoms with van der Waals surface area (Å²) in [5.74, 6) is -0.528. The van der Waals surface area contributed by atoms with E-state index in [1.807, 2.05) is 51.2 Å². The lowest BCUT2D eigenvalue weighted by atomic mass is 9.79. The van der Waals surface area contributed by atoms with Crippen LogP contribution in [-0.2, 0) is 9.31 Å². The van der Waals surface area contributed by atoms with Crippen LogP contribution in [0, 0.1) is 16.2 Å². The van der Waals surface area contributed by atoms with Crippen LogP contribution in [0.2, 0.25) is 0 Å². The van der Waals surface area contributed by atoms with Crippen molar-refractivity contribution >= 4 is 109 Å². The Labute approximate surface area is 458 Å². The van der Waals surface area contributed by atoms with Crippen molar-refractivity contribution in [3.05, 3.63) is 82.5 Å². The summed E-state index contributed by atoms with van der Waals surface area (Å²) in [5, 5.41) is 24.0. The molecule has 5 aliphatic rings. The van der Waals surface area contributed by atoms with Crippen LogP contribution in [0.3, 0.4) is 0 Å². The number of amides is 2. The van der Waals surface area contributed by atoms with Gasteiger partial charge in [-0.15, -0.1) is 46.4 Å². The normalized spacial score (nSPS) is 20.5. The van der Waals surface area contributed by atoms with Crippen LogP contribution in [-0.4, -0.2) is 113 Å². The van der Waals surface area contributed by atoms with Gasteiger partial charge in [-0.3, -0.25) is 19.7 Å². The third-order valence-electron chi connectivity index (χ3n) is 13.9. The quantitative estimate of drug-likeness (QED) is 0.167. The minimum Gasteiger partial charge on any atom is -0.478 e. The average Bonchev–Trinajstić information content (AvgIpc) is 4.15. The zero-order valence-electron chi connectivity index (χ0n) is 43.3. The molecule has 4 fully saturated rings. The van der Waals surface area contributed by atoms with Crippen molar-refractivity contribution in [2.75, 3.05) is 45.8 Å². The van der Waals surface area contributed by atoms with Gasteiger partial charge in [-0.25, -0.2) is 4.79 Å². The molecule has 0 aliphatic carbocycles. The van der Waals surface area contributed by atoms with E-state index >= 15 is 0 Å². The average molecular weight is 1180 g/mol. The van der Waals surface area contributed by atoms with Crippen molar-refractivity contribution < 1.29 is 28.8 Å². The number of aromatic amines is 1. The fourth-order valence-corrected chi connectivity index (χ4v) is 11.4. The summed E-state index contributed by atoms with van der Waals surface area (Å²) in [7, 11) is -0.244. The van der Waals surface area contributed by atoms with Crippen LogP contribution < -0.4 is 5.32 Å². The lowest BCUT2D eigenvalue weighted by Crippen LogP contribution is -2.41. The minimum absolute atomic E-state index is 0. The number of carboxylic acid groups (broad SMARTS) is 1. The molecule has 9 heterocycles. The fraction of sp³-hybridized carbons (Fsp3) is 0.596. The highest BCUT2D eigenvalue weighted by Gasteiger charge is 2.52. The molecule has 4 aromatic rings. The SMILES string of the molecule is CC1(C)CCCN(C(=O)c2csc(-c3cn[nH]c3)c2)CC1.CC1(C)CCCN(C(=O)c2csc(Br)c2)CC1.CC1(C)CCCNCC1.CC1(C)OB(C2=CCN=C2)OC1(C)C.Cl.O=C(O)c1csc(Br)c1. The number of hydrogen-bond donors (Lipinski definition) is 3. The molecule has 19 heteroatoms. The number of H-pyrrole nitrogens is 1. The molecule has 0 radical (unpaired) electrons. The first kappa shape index (κ1) is 60.9. The molecule has 4 saturated heterocycles. The second-order valence-corrected chi connectivity index (χ2v) is 27.4. The summed E-state index contributed by atoms with van der Waals surface area (Å²) in [4.78, 5) is 44.4.